The normalized spacial score (nSPS) is 10.5. The van der Waals surface area contributed by atoms with Crippen molar-refractivity contribution in [1.29, 1.82) is 0 Å². The van der Waals surface area contributed by atoms with Crippen LogP contribution in [-0.2, 0) is 16.2 Å². The molecule has 146 valence electrons. The van der Waals surface area contributed by atoms with Gasteiger partial charge in [0.05, 0.1) is 6.21 Å². The zero-order valence-electron chi connectivity index (χ0n) is 16.0. The number of carbonyl (C=O) groups excluding carboxylic acids is 2. The molecule has 0 aliphatic heterocycles. The van der Waals surface area contributed by atoms with Gasteiger partial charge >= 0.3 is 11.8 Å². The van der Waals surface area contributed by atoms with Crippen molar-refractivity contribution in [2.24, 2.45) is 5.10 Å². The summed E-state index contributed by atoms with van der Waals surface area (Å²) < 4.78 is 5.76. The summed E-state index contributed by atoms with van der Waals surface area (Å²) in [4.78, 5) is 23.8. The van der Waals surface area contributed by atoms with Crippen molar-refractivity contribution in [3.63, 3.8) is 0 Å². The van der Waals surface area contributed by atoms with Gasteiger partial charge in [-0.2, -0.15) is 5.10 Å². The lowest BCUT2D eigenvalue weighted by Crippen LogP contribution is -2.32. The molecule has 0 bridgehead atoms. The van der Waals surface area contributed by atoms with Crippen LogP contribution in [0.5, 0.6) is 5.75 Å². The smallest absolute Gasteiger partial charge is 0.329 e. The topological polar surface area (TPSA) is 79.8 Å². The Morgan fingerprint density at radius 3 is 2.52 bits per heavy atom. The predicted molar refractivity (Wildman–Crippen MR) is 113 cm³/mol. The lowest BCUT2D eigenvalue weighted by Gasteiger charge is -2.07. The molecule has 0 saturated heterocycles. The van der Waals surface area contributed by atoms with E-state index in [1.807, 2.05) is 61.5 Å². The van der Waals surface area contributed by atoms with Crippen molar-refractivity contribution in [3.8, 4) is 5.75 Å². The van der Waals surface area contributed by atoms with E-state index < -0.39 is 11.8 Å². The average Bonchev–Trinajstić information content (AvgIpc) is 2.73. The van der Waals surface area contributed by atoms with Gasteiger partial charge in [0.2, 0.25) is 0 Å². The summed E-state index contributed by atoms with van der Waals surface area (Å²) in [6, 6.07) is 24.3. The van der Waals surface area contributed by atoms with Gasteiger partial charge in [-0.1, -0.05) is 54.6 Å². The minimum absolute atomic E-state index is 0.456. The van der Waals surface area contributed by atoms with Gasteiger partial charge in [-0.05, 0) is 47.9 Å². The maximum Gasteiger partial charge on any atom is 0.329 e. The molecule has 29 heavy (non-hydrogen) atoms. The molecule has 0 atom stereocenters. The van der Waals surface area contributed by atoms with Crippen LogP contribution in [0.2, 0.25) is 0 Å². The third-order valence-electron chi connectivity index (χ3n) is 3.97. The van der Waals surface area contributed by atoms with Crippen LogP contribution in [0.15, 0.2) is 84.0 Å². The second-order valence-corrected chi connectivity index (χ2v) is 6.37. The Hall–Kier alpha value is -3.93. The second kappa shape index (κ2) is 9.85. The largest absolute Gasteiger partial charge is 0.489 e. The second-order valence-electron chi connectivity index (χ2n) is 6.37. The van der Waals surface area contributed by atoms with Gasteiger partial charge in [0.15, 0.2) is 0 Å². The van der Waals surface area contributed by atoms with E-state index in [0.29, 0.717) is 18.0 Å². The fourth-order valence-corrected chi connectivity index (χ4v) is 2.55. The maximum absolute atomic E-state index is 11.9. The quantitative estimate of drug-likeness (QED) is 0.385. The summed E-state index contributed by atoms with van der Waals surface area (Å²) in [5.41, 5.74) is 5.56. The molecular formula is C23H21N3O3. The molecule has 0 saturated carbocycles. The minimum atomic E-state index is -0.848. The van der Waals surface area contributed by atoms with E-state index in [1.54, 1.807) is 24.3 Å². The Balaban J connectivity index is 1.51. The lowest BCUT2D eigenvalue weighted by molar-refractivity contribution is -0.136. The molecule has 0 spiro atoms. The summed E-state index contributed by atoms with van der Waals surface area (Å²) >= 11 is 0. The Bertz CT molecular complexity index is 1020. The van der Waals surface area contributed by atoms with E-state index in [-0.39, 0.29) is 0 Å². The summed E-state index contributed by atoms with van der Waals surface area (Å²) in [6.45, 7) is 2.36. The highest BCUT2D eigenvalue weighted by molar-refractivity contribution is 6.39. The zero-order chi connectivity index (χ0) is 20.5. The van der Waals surface area contributed by atoms with Crippen molar-refractivity contribution in [1.82, 2.24) is 5.43 Å². The minimum Gasteiger partial charge on any atom is -0.489 e. The standard InChI is InChI=1S/C23H21N3O3/c1-17-7-5-11-20(13-17)25-22(27)23(28)26-24-15-19-10-6-12-21(14-19)29-16-18-8-3-2-4-9-18/h2-15H,16H2,1H3,(H,25,27)(H,26,28)/b24-15-. The summed E-state index contributed by atoms with van der Waals surface area (Å²) in [6.07, 6.45) is 1.45. The Morgan fingerprint density at radius 2 is 1.72 bits per heavy atom. The first-order chi connectivity index (χ1) is 14.1. The fourth-order valence-electron chi connectivity index (χ4n) is 2.55. The Kier molecular flexibility index (Phi) is 6.73. The monoisotopic (exact) mass is 387 g/mol. The first kappa shape index (κ1) is 19.8. The number of nitrogens with one attached hydrogen (secondary N) is 2. The van der Waals surface area contributed by atoms with Crippen LogP contribution >= 0.6 is 0 Å². The van der Waals surface area contributed by atoms with Crippen LogP contribution in [0.3, 0.4) is 0 Å². The molecule has 2 N–H and O–H groups in total. The number of anilines is 1. The lowest BCUT2D eigenvalue weighted by atomic mass is 10.2. The summed E-state index contributed by atoms with van der Waals surface area (Å²) in [5.74, 6) is -0.951. The summed E-state index contributed by atoms with van der Waals surface area (Å²) in [7, 11) is 0. The number of aryl methyl sites for hydroxylation is 1. The van der Waals surface area contributed by atoms with E-state index in [1.165, 1.54) is 6.21 Å². The molecular weight excluding hydrogens is 366 g/mol. The fraction of sp³-hybridized carbons (Fsp3) is 0.0870. The zero-order valence-corrected chi connectivity index (χ0v) is 16.0. The first-order valence-electron chi connectivity index (χ1n) is 9.08. The average molecular weight is 387 g/mol. The number of amides is 2. The molecule has 3 aromatic rings. The Morgan fingerprint density at radius 1 is 0.931 bits per heavy atom. The van der Waals surface area contributed by atoms with Crippen LogP contribution in [-0.4, -0.2) is 18.0 Å². The van der Waals surface area contributed by atoms with E-state index in [2.05, 4.69) is 15.8 Å². The van der Waals surface area contributed by atoms with Gasteiger partial charge in [0, 0.05) is 5.69 Å². The molecule has 2 amide bonds. The molecule has 0 aliphatic carbocycles. The van der Waals surface area contributed by atoms with E-state index >= 15 is 0 Å². The van der Waals surface area contributed by atoms with Gasteiger partial charge in [0.25, 0.3) is 0 Å². The molecule has 0 unspecified atom stereocenters. The maximum atomic E-state index is 11.9. The van der Waals surface area contributed by atoms with Gasteiger partial charge in [-0.15, -0.1) is 0 Å². The molecule has 6 nitrogen and oxygen atoms in total. The van der Waals surface area contributed by atoms with E-state index in [4.69, 9.17) is 4.74 Å². The van der Waals surface area contributed by atoms with Gasteiger partial charge in [-0.3, -0.25) is 9.59 Å². The van der Waals surface area contributed by atoms with Crippen LogP contribution < -0.4 is 15.5 Å². The number of ether oxygens (including phenoxy) is 1. The molecule has 3 aromatic carbocycles. The molecule has 3 rings (SSSR count). The Labute approximate surface area is 169 Å². The van der Waals surface area contributed by atoms with Crippen molar-refractivity contribution in [3.05, 3.63) is 95.6 Å². The highest BCUT2D eigenvalue weighted by Crippen LogP contribution is 2.14. The predicted octanol–water partition coefficient (Wildman–Crippen LogP) is 3.66. The third kappa shape index (κ3) is 6.32. The number of rotatable bonds is 6. The SMILES string of the molecule is Cc1cccc(NC(=O)C(=O)N/N=C\c2cccc(OCc3ccccc3)c2)c1. The van der Waals surface area contributed by atoms with Gasteiger partial charge < -0.3 is 10.1 Å². The van der Waals surface area contributed by atoms with Gasteiger partial charge in [0.1, 0.15) is 12.4 Å². The summed E-state index contributed by atoms with van der Waals surface area (Å²) in [5, 5.41) is 6.37. The third-order valence-corrected chi connectivity index (χ3v) is 3.97. The highest BCUT2D eigenvalue weighted by Gasteiger charge is 2.12. The molecule has 0 fully saturated rings. The molecule has 0 aliphatic rings. The van der Waals surface area contributed by atoms with Crippen LogP contribution in [0, 0.1) is 6.92 Å². The van der Waals surface area contributed by atoms with Crippen molar-refractivity contribution in [2.75, 3.05) is 5.32 Å². The molecule has 0 radical (unpaired) electrons. The van der Waals surface area contributed by atoms with Crippen LogP contribution in [0.4, 0.5) is 5.69 Å². The first-order valence-corrected chi connectivity index (χ1v) is 9.08. The number of carbonyl (C=O) groups is 2. The number of hydrogen-bond donors (Lipinski definition) is 2. The van der Waals surface area contributed by atoms with Crippen molar-refractivity contribution >= 4 is 23.7 Å². The van der Waals surface area contributed by atoms with Crippen molar-refractivity contribution < 1.29 is 14.3 Å². The van der Waals surface area contributed by atoms with E-state index in [0.717, 1.165) is 16.7 Å². The highest BCUT2D eigenvalue weighted by atomic mass is 16.5. The van der Waals surface area contributed by atoms with Crippen LogP contribution in [0.25, 0.3) is 0 Å². The number of benzene rings is 3. The number of nitrogens with zero attached hydrogens (tertiary/aromatic N) is 1. The molecule has 0 aromatic heterocycles. The molecule has 6 heteroatoms. The number of hydrazone groups is 1. The number of hydrogen-bond acceptors (Lipinski definition) is 4. The van der Waals surface area contributed by atoms with Gasteiger partial charge in [-0.25, -0.2) is 5.43 Å². The van der Waals surface area contributed by atoms with Crippen molar-refractivity contribution in [2.45, 2.75) is 13.5 Å². The molecule has 0 heterocycles. The van der Waals surface area contributed by atoms with E-state index in [9.17, 15) is 9.59 Å². The van der Waals surface area contributed by atoms with Crippen LogP contribution in [0.1, 0.15) is 16.7 Å².